The Labute approximate surface area is 135 Å². The van der Waals surface area contributed by atoms with Crippen molar-refractivity contribution >= 4 is 28.2 Å². The first-order valence-corrected chi connectivity index (χ1v) is 7.07. The second kappa shape index (κ2) is 7.09. The Balaban J connectivity index is 2.25. The van der Waals surface area contributed by atoms with Crippen LogP contribution in [-0.4, -0.2) is 26.5 Å². The Kier molecular flexibility index (Phi) is 5.16. The summed E-state index contributed by atoms with van der Waals surface area (Å²) in [7, 11) is 2.97. The molecule has 0 unspecified atom stereocenters. The van der Waals surface area contributed by atoms with Crippen LogP contribution in [0.25, 0.3) is 0 Å². The molecule has 0 spiro atoms. The summed E-state index contributed by atoms with van der Waals surface area (Å²) in [6.45, 7) is 0. The van der Waals surface area contributed by atoms with E-state index in [1.807, 2.05) is 0 Å². The minimum atomic E-state index is -0.541. The summed E-state index contributed by atoms with van der Waals surface area (Å²) >= 11 is 3.31. The van der Waals surface area contributed by atoms with E-state index in [1.165, 1.54) is 26.4 Å². The van der Waals surface area contributed by atoms with Gasteiger partial charge in [0, 0.05) is 5.56 Å². The molecule has 6 heteroatoms. The minimum Gasteiger partial charge on any atom is -0.496 e. The first kappa shape index (κ1) is 16.0. The number of esters is 1. The highest BCUT2D eigenvalue weighted by Gasteiger charge is 2.14. The van der Waals surface area contributed by atoms with Crippen molar-refractivity contribution in [1.82, 2.24) is 0 Å². The van der Waals surface area contributed by atoms with Crippen molar-refractivity contribution in [3.8, 4) is 17.2 Å². The van der Waals surface area contributed by atoms with Crippen molar-refractivity contribution in [2.75, 3.05) is 14.2 Å². The Bertz CT molecular complexity index is 712. The van der Waals surface area contributed by atoms with Crippen LogP contribution in [0.1, 0.15) is 20.7 Å². The van der Waals surface area contributed by atoms with E-state index in [4.69, 9.17) is 14.2 Å². The number of benzene rings is 2. The van der Waals surface area contributed by atoms with Crippen LogP contribution in [0.15, 0.2) is 40.9 Å². The quantitative estimate of drug-likeness (QED) is 0.461. The highest BCUT2D eigenvalue weighted by Crippen LogP contribution is 2.30. The molecule has 0 fully saturated rings. The van der Waals surface area contributed by atoms with Gasteiger partial charge in [0.1, 0.15) is 12.0 Å². The van der Waals surface area contributed by atoms with Crippen molar-refractivity contribution in [3.63, 3.8) is 0 Å². The monoisotopic (exact) mass is 364 g/mol. The topological polar surface area (TPSA) is 61.8 Å². The van der Waals surface area contributed by atoms with Crippen LogP contribution in [0, 0.1) is 0 Å². The summed E-state index contributed by atoms with van der Waals surface area (Å²) in [5, 5.41) is 0. The third-order valence-electron chi connectivity index (χ3n) is 2.91. The highest BCUT2D eigenvalue weighted by atomic mass is 79.9. The third-order valence-corrected chi connectivity index (χ3v) is 3.53. The molecule has 0 aliphatic carbocycles. The van der Waals surface area contributed by atoms with Crippen molar-refractivity contribution in [3.05, 3.63) is 52.0 Å². The highest BCUT2D eigenvalue weighted by molar-refractivity contribution is 9.10. The van der Waals surface area contributed by atoms with Gasteiger partial charge in [0.15, 0.2) is 11.5 Å². The van der Waals surface area contributed by atoms with Crippen molar-refractivity contribution in [1.29, 1.82) is 0 Å². The summed E-state index contributed by atoms with van der Waals surface area (Å²) in [5.74, 6) is 0.626. The molecule has 0 saturated carbocycles. The van der Waals surface area contributed by atoms with E-state index in [1.54, 1.807) is 24.3 Å². The fraction of sp³-hybridized carbons (Fsp3) is 0.125. The molecule has 0 aromatic heterocycles. The first-order chi connectivity index (χ1) is 10.6. The van der Waals surface area contributed by atoms with Gasteiger partial charge in [0.05, 0.1) is 24.3 Å². The maximum Gasteiger partial charge on any atom is 0.343 e. The van der Waals surface area contributed by atoms with Crippen LogP contribution in [0.2, 0.25) is 0 Å². The summed E-state index contributed by atoms with van der Waals surface area (Å²) in [5.41, 5.74) is 0.790. The fourth-order valence-electron chi connectivity index (χ4n) is 1.79. The molecule has 2 aromatic carbocycles. The number of carbonyl (C=O) groups is 2. The van der Waals surface area contributed by atoms with Crippen LogP contribution in [0.5, 0.6) is 17.2 Å². The Hall–Kier alpha value is -2.34. The second-order valence-corrected chi connectivity index (χ2v) is 5.12. The van der Waals surface area contributed by atoms with Crippen LogP contribution < -0.4 is 14.2 Å². The Morgan fingerprint density at radius 2 is 1.68 bits per heavy atom. The van der Waals surface area contributed by atoms with E-state index in [-0.39, 0.29) is 5.75 Å². The molecule has 0 N–H and O–H groups in total. The summed E-state index contributed by atoms with van der Waals surface area (Å²) in [4.78, 5) is 22.9. The van der Waals surface area contributed by atoms with Gasteiger partial charge in [-0.05, 0) is 52.3 Å². The van der Waals surface area contributed by atoms with Crippen molar-refractivity contribution < 1.29 is 23.8 Å². The summed E-state index contributed by atoms with van der Waals surface area (Å²) < 4.78 is 16.2. The molecule has 0 amide bonds. The van der Waals surface area contributed by atoms with Gasteiger partial charge >= 0.3 is 5.97 Å². The lowest BCUT2D eigenvalue weighted by Crippen LogP contribution is -2.09. The van der Waals surface area contributed by atoms with Gasteiger partial charge < -0.3 is 14.2 Å². The van der Waals surface area contributed by atoms with Crippen molar-refractivity contribution in [2.45, 2.75) is 0 Å². The Morgan fingerprint density at radius 1 is 1.00 bits per heavy atom. The van der Waals surface area contributed by atoms with E-state index in [0.29, 0.717) is 33.4 Å². The molecule has 22 heavy (non-hydrogen) atoms. The normalized spacial score (nSPS) is 9.95. The zero-order valence-corrected chi connectivity index (χ0v) is 13.5. The van der Waals surface area contributed by atoms with Crippen molar-refractivity contribution in [2.24, 2.45) is 0 Å². The van der Waals surface area contributed by atoms with E-state index < -0.39 is 5.97 Å². The number of halogens is 1. The molecule has 0 saturated heterocycles. The summed E-state index contributed by atoms with van der Waals surface area (Å²) in [6.07, 6.45) is 0.689. The molecule has 0 bridgehead atoms. The largest absolute Gasteiger partial charge is 0.496 e. The molecular formula is C16H13BrO5. The lowest BCUT2D eigenvalue weighted by molar-refractivity contribution is 0.0729. The molecule has 0 heterocycles. The van der Waals surface area contributed by atoms with Gasteiger partial charge in [-0.2, -0.15) is 0 Å². The van der Waals surface area contributed by atoms with E-state index in [9.17, 15) is 9.59 Å². The van der Waals surface area contributed by atoms with Gasteiger partial charge in [-0.15, -0.1) is 0 Å². The molecule has 2 rings (SSSR count). The smallest absolute Gasteiger partial charge is 0.343 e. The number of rotatable bonds is 5. The average molecular weight is 365 g/mol. The van der Waals surface area contributed by atoms with E-state index in [2.05, 4.69) is 15.9 Å². The molecule has 0 radical (unpaired) electrons. The predicted molar refractivity (Wildman–Crippen MR) is 84.0 cm³/mol. The molecule has 114 valence electrons. The lowest BCUT2D eigenvalue weighted by atomic mass is 10.2. The molecule has 0 aliphatic heterocycles. The maximum absolute atomic E-state index is 12.2. The molecular weight excluding hydrogens is 352 g/mol. The van der Waals surface area contributed by atoms with Crippen LogP contribution in [-0.2, 0) is 0 Å². The molecule has 5 nitrogen and oxygen atoms in total. The SMILES string of the molecule is COc1ccc(C(=O)Oc2ccc(C=O)cc2OC)cc1Br. The van der Waals surface area contributed by atoms with Gasteiger partial charge in [-0.25, -0.2) is 4.79 Å². The number of aldehydes is 1. The number of methoxy groups -OCH3 is 2. The molecule has 2 aromatic rings. The van der Waals surface area contributed by atoms with Gasteiger partial charge in [-0.3, -0.25) is 4.79 Å². The number of carbonyl (C=O) groups excluding carboxylic acids is 2. The van der Waals surface area contributed by atoms with E-state index in [0.717, 1.165) is 0 Å². The molecule has 0 atom stereocenters. The van der Waals surface area contributed by atoms with Gasteiger partial charge in [0.25, 0.3) is 0 Å². The zero-order chi connectivity index (χ0) is 16.1. The first-order valence-electron chi connectivity index (χ1n) is 6.28. The van der Waals surface area contributed by atoms with Crippen LogP contribution in [0.3, 0.4) is 0 Å². The summed E-state index contributed by atoms with van der Waals surface area (Å²) in [6, 6.07) is 9.42. The standard InChI is InChI=1S/C16H13BrO5/c1-20-13-6-4-11(8-12(13)17)16(19)22-14-5-3-10(9-18)7-15(14)21-2/h3-9H,1-2H3. The average Bonchev–Trinajstić information content (AvgIpc) is 2.55. The lowest BCUT2D eigenvalue weighted by Gasteiger charge is -2.10. The maximum atomic E-state index is 12.2. The number of hydrogen-bond donors (Lipinski definition) is 0. The minimum absolute atomic E-state index is 0.241. The van der Waals surface area contributed by atoms with Gasteiger partial charge in [-0.1, -0.05) is 0 Å². The van der Waals surface area contributed by atoms with E-state index >= 15 is 0 Å². The molecule has 0 aliphatic rings. The Morgan fingerprint density at radius 3 is 2.27 bits per heavy atom. The van der Waals surface area contributed by atoms with Crippen LogP contribution >= 0.6 is 15.9 Å². The predicted octanol–water partition coefficient (Wildman–Crippen LogP) is 3.50. The van der Waals surface area contributed by atoms with Crippen LogP contribution in [0.4, 0.5) is 0 Å². The third kappa shape index (κ3) is 3.46. The fourth-order valence-corrected chi connectivity index (χ4v) is 2.33. The zero-order valence-electron chi connectivity index (χ0n) is 12.0. The van der Waals surface area contributed by atoms with Gasteiger partial charge in [0.2, 0.25) is 0 Å². The second-order valence-electron chi connectivity index (χ2n) is 4.27. The number of ether oxygens (including phenoxy) is 3. The number of hydrogen-bond acceptors (Lipinski definition) is 5.